The van der Waals surface area contributed by atoms with E-state index in [0.717, 1.165) is 38.0 Å². The first-order valence-electron chi connectivity index (χ1n) is 6.25. The van der Waals surface area contributed by atoms with Crippen molar-refractivity contribution in [2.45, 2.75) is 32.6 Å². The first kappa shape index (κ1) is 13.4. The zero-order valence-electron chi connectivity index (χ0n) is 10.5. The lowest BCUT2D eigenvalue weighted by molar-refractivity contribution is 0.686. The number of hydrogen-bond donors (Lipinski definition) is 1. The van der Waals surface area contributed by atoms with Gasteiger partial charge in [0.1, 0.15) is 0 Å². The second-order valence-corrected chi connectivity index (χ2v) is 4.20. The van der Waals surface area contributed by atoms with E-state index in [1.54, 1.807) is 0 Å². The van der Waals surface area contributed by atoms with Crippen LogP contribution in [-0.4, -0.2) is 13.1 Å². The lowest BCUT2D eigenvalue weighted by Crippen LogP contribution is -2.25. The molecule has 2 N–H and O–H groups in total. The van der Waals surface area contributed by atoms with Gasteiger partial charge in [-0.2, -0.15) is 5.26 Å². The van der Waals surface area contributed by atoms with Gasteiger partial charge in [-0.1, -0.05) is 13.0 Å². The quantitative estimate of drug-likeness (QED) is 0.579. The van der Waals surface area contributed by atoms with Crippen LogP contribution in [0.4, 0.5) is 11.4 Å². The summed E-state index contributed by atoms with van der Waals surface area (Å²) < 4.78 is 0. The molecule has 0 aliphatic carbocycles. The summed E-state index contributed by atoms with van der Waals surface area (Å²) in [5.41, 5.74) is 7.79. The summed E-state index contributed by atoms with van der Waals surface area (Å²) >= 11 is 0. The molecule has 92 valence electrons. The molecule has 1 rings (SSSR count). The molecule has 0 unspecified atom stereocenters. The molecule has 0 aromatic heterocycles. The summed E-state index contributed by atoms with van der Waals surface area (Å²) in [5, 5.41) is 8.51. The molecule has 0 fully saturated rings. The summed E-state index contributed by atoms with van der Waals surface area (Å²) in [6.45, 7) is 4.21. The fourth-order valence-electron chi connectivity index (χ4n) is 1.87. The zero-order chi connectivity index (χ0) is 12.5. The van der Waals surface area contributed by atoms with Crippen LogP contribution in [0.5, 0.6) is 0 Å². The van der Waals surface area contributed by atoms with Crippen LogP contribution in [0.25, 0.3) is 0 Å². The average Bonchev–Trinajstić information content (AvgIpc) is 2.33. The van der Waals surface area contributed by atoms with Gasteiger partial charge in [-0.15, -0.1) is 0 Å². The Morgan fingerprint density at radius 1 is 1.29 bits per heavy atom. The Kier molecular flexibility index (Phi) is 5.95. The second kappa shape index (κ2) is 7.56. The van der Waals surface area contributed by atoms with Crippen LogP contribution in [-0.2, 0) is 0 Å². The maximum atomic E-state index is 8.51. The molecule has 0 aliphatic heterocycles. The highest BCUT2D eigenvalue weighted by Gasteiger charge is 2.05. The molecule has 1 aromatic carbocycles. The minimum atomic E-state index is 0.650. The Bertz CT molecular complexity index is 368. The Hall–Kier alpha value is -1.69. The number of nitrogens with two attached hydrogens (primary N) is 1. The fraction of sp³-hybridized carbons (Fsp3) is 0.500. The molecule has 0 spiro atoms. The Labute approximate surface area is 104 Å². The fourth-order valence-corrected chi connectivity index (χ4v) is 1.87. The van der Waals surface area contributed by atoms with Gasteiger partial charge in [0, 0.05) is 30.9 Å². The van der Waals surface area contributed by atoms with Gasteiger partial charge in [0.05, 0.1) is 6.07 Å². The van der Waals surface area contributed by atoms with E-state index >= 15 is 0 Å². The maximum Gasteiger partial charge on any atom is 0.0621 e. The van der Waals surface area contributed by atoms with Crippen LogP contribution in [0.3, 0.4) is 0 Å². The molecule has 0 saturated carbocycles. The van der Waals surface area contributed by atoms with Gasteiger partial charge in [-0.25, -0.2) is 0 Å². The lowest BCUT2D eigenvalue weighted by atomic mass is 10.2. The Balaban J connectivity index is 2.56. The molecule has 0 atom stereocenters. The highest BCUT2D eigenvalue weighted by Crippen LogP contribution is 2.18. The largest absolute Gasteiger partial charge is 0.399 e. The highest BCUT2D eigenvalue weighted by molar-refractivity contribution is 5.55. The molecule has 0 heterocycles. The van der Waals surface area contributed by atoms with Gasteiger partial charge in [0.25, 0.3) is 0 Å². The van der Waals surface area contributed by atoms with Crippen molar-refractivity contribution in [1.82, 2.24) is 0 Å². The van der Waals surface area contributed by atoms with E-state index in [9.17, 15) is 0 Å². The van der Waals surface area contributed by atoms with Crippen molar-refractivity contribution in [3.8, 4) is 6.07 Å². The smallest absolute Gasteiger partial charge is 0.0621 e. The molecule has 0 bridgehead atoms. The molecular formula is C14H21N3. The maximum absolute atomic E-state index is 8.51. The minimum absolute atomic E-state index is 0.650. The Morgan fingerprint density at radius 2 is 2.12 bits per heavy atom. The van der Waals surface area contributed by atoms with E-state index in [1.807, 2.05) is 18.2 Å². The van der Waals surface area contributed by atoms with Crippen molar-refractivity contribution in [1.29, 1.82) is 5.26 Å². The van der Waals surface area contributed by atoms with Crippen molar-refractivity contribution < 1.29 is 0 Å². The van der Waals surface area contributed by atoms with Crippen molar-refractivity contribution in [3.05, 3.63) is 24.3 Å². The van der Waals surface area contributed by atoms with E-state index < -0.39 is 0 Å². The summed E-state index contributed by atoms with van der Waals surface area (Å²) in [7, 11) is 0. The summed E-state index contributed by atoms with van der Waals surface area (Å²) in [5.74, 6) is 0. The number of anilines is 2. The standard InChI is InChI=1S/C14H21N3/c1-2-10-17(11-5-3-4-9-15)14-8-6-7-13(16)12-14/h6-8,12H,2-5,10-11,16H2,1H3. The first-order valence-corrected chi connectivity index (χ1v) is 6.25. The SMILES string of the molecule is CCCN(CCCCC#N)c1cccc(N)c1. The number of benzene rings is 1. The van der Waals surface area contributed by atoms with Crippen molar-refractivity contribution in [2.24, 2.45) is 0 Å². The van der Waals surface area contributed by atoms with E-state index in [4.69, 9.17) is 11.0 Å². The van der Waals surface area contributed by atoms with Gasteiger partial charge >= 0.3 is 0 Å². The molecule has 3 nitrogen and oxygen atoms in total. The molecular weight excluding hydrogens is 210 g/mol. The Morgan fingerprint density at radius 3 is 2.76 bits per heavy atom. The summed E-state index contributed by atoms with van der Waals surface area (Å²) in [6, 6.07) is 10.2. The predicted octanol–water partition coefficient (Wildman–Crippen LogP) is 3.18. The summed E-state index contributed by atoms with van der Waals surface area (Å²) in [6.07, 6.45) is 3.80. The number of nitriles is 1. The minimum Gasteiger partial charge on any atom is -0.399 e. The predicted molar refractivity (Wildman–Crippen MR) is 72.8 cm³/mol. The van der Waals surface area contributed by atoms with Gasteiger partial charge in [0.15, 0.2) is 0 Å². The number of hydrogen-bond acceptors (Lipinski definition) is 3. The number of nitrogen functional groups attached to an aromatic ring is 1. The van der Waals surface area contributed by atoms with Crippen LogP contribution in [0.15, 0.2) is 24.3 Å². The molecule has 0 radical (unpaired) electrons. The van der Waals surface area contributed by atoms with Crippen molar-refractivity contribution >= 4 is 11.4 Å². The molecule has 0 saturated heterocycles. The van der Waals surface area contributed by atoms with E-state index in [2.05, 4.69) is 24.0 Å². The van der Waals surface area contributed by atoms with Gasteiger partial charge < -0.3 is 10.6 Å². The van der Waals surface area contributed by atoms with Gasteiger partial charge in [-0.3, -0.25) is 0 Å². The highest BCUT2D eigenvalue weighted by atomic mass is 15.1. The van der Waals surface area contributed by atoms with Crippen molar-refractivity contribution in [3.63, 3.8) is 0 Å². The average molecular weight is 231 g/mol. The van der Waals surface area contributed by atoms with Crippen LogP contribution in [0.1, 0.15) is 32.6 Å². The number of nitrogens with zero attached hydrogens (tertiary/aromatic N) is 2. The van der Waals surface area contributed by atoms with Crippen molar-refractivity contribution in [2.75, 3.05) is 23.7 Å². The third kappa shape index (κ3) is 4.78. The van der Waals surface area contributed by atoms with Crippen LogP contribution in [0, 0.1) is 11.3 Å². The van der Waals surface area contributed by atoms with E-state index in [0.29, 0.717) is 6.42 Å². The summed E-state index contributed by atoms with van der Waals surface area (Å²) in [4.78, 5) is 2.34. The lowest BCUT2D eigenvalue weighted by Gasteiger charge is -2.24. The topological polar surface area (TPSA) is 53.0 Å². The van der Waals surface area contributed by atoms with E-state index in [-0.39, 0.29) is 0 Å². The normalized spacial score (nSPS) is 9.88. The zero-order valence-corrected chi connectivity index (χ0v) is 10.5. The molecule has 0 amide bonds. The van der Waals surface area contributed by atoms with Crippen LogP contribution < -0.4 is 10.6 Å². The van der Waals surface area contributed by atoms with Crippen LogP contribution >= 0.6 is 0 Å². The number of unbranched alkanes of at least 4 members (excludes halogenated alkanes) is 2. The second-order valence-electron chi connectivity index (χ2n) is 4.20. The van der Waals surface area contributed by atoms with E-state index in [1.165, 1.54) is 5.69 Å². The molecule has 3 heteroatoms. The molecule has 1 aromatic rings. The number of rotatable bonds is 7. The van der Waals surface area contributed by atoms with Gasteiger partial charge in [0.2, 0.25) is 0 Å². The van der Waals surface area contributed by atoms with Gasteiger partial charge in [-0.05, 0) is 37.5 Å². The third-order valence-electron chi connectivity index (χ3n) is 2.70. The third-order valence-corrected chi connectivity index (χ3v) is 2.70. The first-order chi connectivity index (χ1) is 8.27. The molecule has 17 heavy (non-hydrogen) atoms. The van der Waals surface area contributed by atoms with Crippen LogP contribution in [0.2, 0.25) is 0 Å². The molecule has 0 aliphatic rings. The monoisotopic (exact) mass is 231 g/mol.